The lowest BCUT2D eigenvalue weighted by Crippen LogP contribution is -2.46. The zero-order valence-electron chi connectivity index (χ0n) is 16.6. The van der Waals surface area contributed by atoms with Crippen LogP contribution in [0.5, 0.6) is 0 Å². The molecule has 2 rings (SSSR count). The number of benzene rings is 1. The van der Waals surface area contributed by atoms with Gasteiger partial charge in [-0.25, -0.2) is 0 Å². The van der Waals surface area contributed by atoms with E-state index in [0.29, 0.717) is 36.1 Å². The van der Waals surface area contributed by atoms with E-state index in [0.717, 1.165) is 25.2 Å². The van der Waals surface area contributed by atoms with Crippen molar-refractivity contribution in [2.45, 2.75) is 39.0 Å². The van der Waals surface area contributed by atoms with E-state index in [9.17, 15) is 13.2 Å². The van der Waals surface area contributed by atoms with Crippen molar-refractivity contribution in [3.05, 3.63) is 35.4 Å². The van der Waals surface area contributed by atoms with Crippen molar-refractivity contribution in [2.75, 3.05) is 26.7 Å². The summed E-state index contributed by atoms with van der Waals surface area (Å²) in [6, 6.07) is 5.83. The van der Waals surface area contributed by atoms with E-state index in [-0.39, 0.29) is 24.0 Å². The molecule has 1 aliphatic rings. The van der Waals surface area contributed by atoms with Gasteiger partial charge in [0.2, 0.25) is 0 Å². The molecule has 1 saturated heterocycles. The first kappa shape index (κ1) is 24.6. The van der Waals surface area contributed by atoms with Gasteiger partial charge < -0.3 is 10.6 Å². The smallest absolute Gasteiger partial charge is 0.352 e. The SMILES string of the molecule is CN=C(NCC#Cc1cccc(C(F)(F)F)c1)NC1CN(C(C)C)CC1C.I. The summed E-state index contributed by atoms with van der Waals surface area (Å²) in [5.41, 5.74) is -0.351. The lowest BCUT2D eigenvalue weighted by Gasteiger charge is -2.21. The van der Waals surface area contributed by atoms with Gasteiger partial charge in [0.1, 0.15) is 0 Å². The van der Waals surface area contributed by atoms with Crippen molar-refractivity contribution in [2.24, 2.45) is 10.9 Å². The fraction of sp³-hybridized carbons (Fsp3) is 0.550. The molecule has 2 N–H and O–H groups in total. The van der Waals surface area contributed by atoms with Gasteiger partial charge in [0, 0.05) is 37.8 Å². The molecule has 156 valence electrons. The van der Waals surface area contributed by atoms with Crippen LogP contribution in [0.4, 0.5) is 13.2 Å². The average molecular weight is 508 g/mol. The first-order chi connectivity index (χ1) is 12.7. The Balaban J connectivity index is 0.00000392. The highest BCUT2D eigenvalue weighted by atomic mass is 127. The van der Waals surface area contributed by atoms with E-state index in [1.54, 1.807) is 13.1 Å². The van der Waals surface area contributed by atoms with Crippen LogP contribution in [-0.2, 0) is 6.18 Å². The minimum Gasteiger partial charge on any atom is -0.352 e. The maximum atomic E-state index is 12.7. The van der Waals surface area contributed by atoms with Crippen LogP contribution in [0, 0.1) is 17.8 Å². The van der Waals surface area contributed by atoms with Crippen molar-refractivity contribution in [3.8, 4) is 11.8 Å². The van der Waals surface area contributed by atoms with Gasteiger partial charge in [-0.15, -0.1) is 24.0 Å². The third kappa shape index (κ3) is 7.17. The second-order valence-electron chi connectivity index (χ2n) is 7.08. The van der Waals surface area contributed by atoms with Crippen LogP contribution >= 0.6 is 24.0 Å². The molecular formula is C20H28F3IN4. The maximum Gasteiger partial charge on any atom is 0.416 e. The van der Waals surface area contributed by atoms with E-state index < -0.39 is 11.7 Å². The molecule has 0 radical (unpaired) electrons. The van der Waals surface area contributed by atoms with Gasteiger partial charge in [-0.05, 0) is 38.0 Å². The molecule has 2 unspecified atom stereocenters. The largest absolute Gasteiger partial charge is 0.416 e. The average Bonchev–Trinajstić information content (AvgIpc) is 2.98. The normalized spacial score (nSPS) is 20.4. The van der Waals surface area contributed by atoms with Crippen molar-refractivity contribution in [1.82, 2.24) is 15.5 Å². The van der Waals surface area contributed by atoms with Gasteiger partial charge in [0.15, 0.2) is 5.96 Å². The Morgan fingerprint density at radius 1 is 1.32 bits per heavy atom. The topological polar surface area (TPSA) is 39.7 Å². The molecule has 0 saturated carbocycles. The standard InChI is InChI=1S/C20H27F3N4.HI/c1-14(2)27-12-15(3)18(13-27)26-19(24-4)25-10-6-8-16-7-5-9-17(11-16)20(21,22)23;/h5,7,9,11,14-15,18H,10,12-13H2,1-4H3,(H2,24,25,26);1H. The molecule has 1 fully saturated rings. The predicted molar refractivity (Wildman–Crippen MR) is 118 cm³/mol. The number of hydrogen-bond acceptors (Lipinski definition) is 2. The third-order valence-electron chi connectivity index (χ3n) is 4.68. The Kier molecular flexibility index (Phi) is 9.57. The number of rotatable bonds is 3. The number of hydrogen-bond donors (Lipinski definition) is 2. The Morgan fingerprint density at radius 3 is 2.61 bits per heavy atom. The van der Waals surface area contributed by atoms with Crippen LogP contribution in [0.25, 0.3) is 0 Å². The summed E-state index contributed by atoms with van der Waals surface area (Å²) in [5.74, 6) is 6.76. The summed E-state index contributed by atoms with van der Waals surface area (Å²) in [7, 11) is 1.69. The first-order valence-corrected chi connectivity index (χ1v) is 9.08. The van der Waals surface area contributed by atoms with Crippen LogP contribution in [0.3, 0.4) is 0 Å². The molecule has 0 bridgehead atoms. The van der Waals surface area contributed by atoms with Crippen LogP contribution in [-0.4, -0.2) is 49.6 Å². The molecule has 8 heteroatoms. The highest BCUT2D eigenvalue weighted by molar-refractivity contribution is 14.0. The molecule has 1 aliphatic heterocycles. The minimum absolute atomic E-state index is 0. The van der Waals surface area contributed by atoms with Crippen molar-refractivity contribution in [1.29, 1.82) is 0 Å². The second kappa shape index (κ2) is 10.9. The Hall–Kier alpha value is -1.47. The van der Waals surface area contributed by atoms with Crippen molar-refractivity contribution >= 4 is 29.9 Å². The number of nitrogens with one attached hydrogen (secondary N) is 2. The number of halogens is 4. The van der Waals surface area contributed by atoms with Gasteiger partial charge >= 0.3 is 6.18 Å². The molecule has 1 heterocycles. The summed E-state index contributed by atoms with van der Waals surface area (Å²) in [6.07, 6.45) is -4.36. The van der Waals surface area contributed by atoms with Crippen LogP contribution < -0.4 is 10.6 Å². The first-order valence-electron chi connectivity index (χ1n) is 9.08. The lowest BCUT2D eigenvalue weighted by atomic mass is 10.1. The number of alkyl halides is 3. The maximum absolute atomic E-state index is 12.7. The van der Waals surface area contributed by atoms with Gasteiger partial charge in [-0.2, -0.15) is 13.2 Å². The number of likely N-dealkylation sites (tertiary alicyclic amines) is 1. The number of aliphatic imine (C=N–C) groups is 1. The number of nitrogens with zero attached hydrogens (tertiary/aromatic N) is 2. The summed E-state index contributed by atoms with van der Waals surface area (Å²) >= 11 is 0. The third-order valence-corrected chi connectivity index (χ3v) is 4.68. The molecule has 1 aromatic rings. The van der Waals surface area contributed by atoms with E-state index in [2.05, 4.69) is 53.1 Å². The summed E-state index contributed by atoms with van der Waals surface area (Å²) in [6.45, 7) is 8.87. The predicted octanol–water partition coefficient (Wildman–Crippen LogP) is 3.57. The van der Waals surface area contributed by atoms with Gasteiger partial charge in [-0.1, -0.05) is 24.8 Å². The molecule has 28 heavy (non-hydrogen) atoms. The molecule has 4 nitrogen and oxygen atoms in total. The van der Waals surface area contributed by atoms with Crippen molar-refractivity contribution < 1.29 is 13.2 Å². The highest BCUT2D eigenvalue weighted by Crippen LogP contribution is 2.29. The van der Waals surface area contributed by atoms with E-state index in [1.165, 1.54) is 6.07 Å². The minimum atomic E-state index is -4.36. The van der Waals surface area contributed by atoms with Crippen LogP contribution in [0.1, 0.15) is 31.9 Å². The fourth-order valence-corrected chi connectivity index (χ4v) is 3.03. The van der Waals surface area contributed by atoms with Gasteiger partial charge in [0.05, 0.1) is 12.1 Å². The Bertz CT molecular complexity index is 722. The van der Waals surface area contributed by atoms with Gasteiger partial charge in [-0.3, -0.25) is 9.89 Å². The quantitative estimate of drug-likeness (QED) is 0.284. The Morgan fingerprint density at radius 2 is 2.04 bits per heavy atom. The number of guanidine groups is 1. The zero-order valence-corrected chi connectivity index (χ0v) is 18.9. The summed E-state index contributed by atoms with van der Waals surface area (Å²) < 4.78 is 38.2. The summed E-state index contributed by atoms with van der Waals surface area (Å²) in [5, 5.41) is 6.51. The molecule has 2 atom stereocenters. The summed E-state index contributed by atoms with van der Waals surface area (Å²) in [4.78, 5) is 6.63. The van der Waals surface area contributed by atoms with E-state index in [4.69, 9.17) is 0 Å². The second-order valence-corrected chi connectivity index (χ2v) is 7.08. The molecule has 1 aromatic carbocycles. The lowest BCUT2D eigenvalue weighted by molar-refractivity contribution is -0.137. The fourth-order valence-electron chi connectivity index (χ4n) is 3.03. The Labute approximate surface area is 182 Å². The molecule has 0 aromatic heterocycles. The van der Waals surface area contributed by atoms with E-state index in [1.807, 2.05) is 0 Å². The van der Waals surface area contributed by atoms with Crippen molar-refractivity contribution in [3.63, 3.8) is 0 Å². The molecule has 0 spiro atoms. The van der Waals surface area contributed by atoms with Crippen LogP contribution in [0.15, 0.2) is 29.3 Å². The monoisotopic (exact) mass is 508 g/mol. The van der Waals surface area contributed by atoms with E-state index >= 15 is 0 Å². The molecule has 0 aliphatic carbocycles. The molecule has 0 amide bonds. The molecular weight excluding hydrogens is 480 g/mol. The highest BCUT2D eigenvalue weighted by Gasteiger charge is 2.31. The zero-order chi connectivity index (χ0) is 20.0. The van der Waals surface area contributed by atoms with Crippen LogP contribution in [0.2, 0.25) is 0 Å². The van der Waals surface area contributed by atoms with Gasteiger partial charge in [0.25, 0.3) is 0 Å².